The topological polar surface area (TPSA) is 70.6 Å². The predicted molar refractivity (Wildman–Crippen MR) is 73.9 cm³/mol. The zero-order valence-corrected chi connectivity index (χ0v) is 11.5. The molecule has 0 bridgehead atoms. The third-order valence-electron chi connectivity index (χ3n) is 2.46. The van der Waals surface area contributed by atoms with Gasteiger partial charge in [-0.1, -0.05) is 17.7 Å². The van der Waals surface area contributed by atoms with Crippen LogP contribution in [0.3, 0.4) is 0 Å². The molecule has 0 aliphatic carbocycles. The van der Waals surface area contributed by atoms with E-state index >= 15 is 0 Å². The number of anilines is 1. The van der Waals surface area contributed by atoms with Crippen molar-refractivity contribution in [3.63, 3.8) is 0 Å². The number of halogens is 1. The van der Waals surface area contributed by atoms with Crippen LogP contribution < -0.4 is 10.0 Å². The van der Waals surface area contributed by atoms with Crippen LogP contribution in [-0.4, -0.2) is 33.6 Å². The average molecular weight is 288 g/mol. The SMILES string of the molecule is CS(=O)(=O)Nc1ccc(CC2=NCCN2)c(Cl)c1. The molecule has 7 heteroatoms. The normalized spacial score (nSPS) is 15.1. The quantitative estimate of drug-likeness (QED) is 0.876. The number of nitrogens with zero attached hydrogens (tertiary/aromatic N) is 1. The summed E-state index contributed by atoms with van der Waals surface area (Å²) in [5.74, 6) is 0.917. The highest BCUT2D eigenvalue weighted by Gasteiger charge is 2.10. The summed E-state index contributed by atoms with van der Waals surface area (Å²) in [6.45, 7) is 1.65. The highest BCUT2D eigenvalue weighted by molar-refractivity contribution is 7.92. The van der Waals surface area contributed by atoms with Crippen molar-refractivity contribution in [2.75, 3.05) is 24.1 Å². The number of sulfonamides is 1. The summed E-state index contributed by atoms with van der Waals surface area (Å²) >= 11 is 6.12. The molecule has 0 spiro atoms. The fourth-order valence-electron chi connectivity index (χ4n) is 1.71. The van der Waals surface area contributed by atoms with E-state index in [4.69, 9.17) is 11.6 Å². The lowest BCUT2D eigenvalue weighted by molar-refractivity contribution is 0.607. The van der Waals surface area contributed by atoms with Crippen LogP contribution in [0.15, 0.2) is 23.2 Å². The van der Waals surface area contributed by atoms with Crippen molar-refractivity contribution in [2.24, 2.45) is 4.99 Å². The fraction of sp³-hybridized carbons (Fsp3) is 0.364. The molecule has 18 heavy (non-hydrogen) atoms. The summed E-state index contributed by atoms with van der Waals surface area (Å²) in [7, 11) is -3.27. The van der Waals surface area contributed by atoms with E-state index in [-0.39, 0.29) is 0 Å². The molecule has 0 amide bonds. The van der Waals surface area contributed by atoms with Crippen molar-refractivity contribution in [1.29, 1.82) is 0 Å². The van der Waals surface area contributed by atoms with Gasteiger partial charge in [0.2, 0.25) is 10.0 Å². The minimum atomic E-state index is -3.27. The standard InChI is InChI=1S/C11H14ClN3O2S/c1-18(16,17)15-9-3-2-8(10(12)7-9)6-11-13-4-5-14-11/h2-3,7,15H,4-6H2,1H3,(H,13,14). The van der Waals surface area contributed by atoms with Gasteiger partial charge in [-0.3, -0.25) is 9.71 Å². The van der Waals surface area contributed by atoms with Gasteiger partial charge in [-0.05, 0) is 17.7 Å². The van der Waals surface area contributed by atoms with Crippen LogP contribution in [0.1, 0.15) is 5.56 Å². The molecule has 2 N–H and O–H groups in total. The number of rotatable bonds is 4. The van der Waals surface area contributed by atoms with Gasteiger partial charge >= 0.3 is 0 Å². The van der Waals surface area contributed by atoms with E-state index in [1.54, 1.807) is 18.2 Å². The first kappa shape index (κ1) is 13.2. The van der Waals surface area contributed by atoms with Crippen molar-refractivity contribution in [1.82, 2.24) is 5.32 Å². The van der Waals surface area contributed by atoms with Gasteiger partial charge in [-0.15, -0.1) is 0 Å². The van der Waals surface area contributed by atoms with Crippen LogP contribution in [0, 0.1) is 0 Å². The number of hydrogen-bond donors (Lipinski definition) is 2. The Hall–Kier alpha value is -1.27. The lowest BCUT2D eigenvalue weighted by atomic mass is 10.1. The first-order valence-electron chi connectivity index (χ1n) is 5.47. The summed E-state index contributed by atoms with van der Waals surface area (Å²) in [6, 6.07) is 5.10. The summed E-state index contributed by atoms with van der Waals surface area (Å²) in [4.78, 5) is 4.29. The Morgan fingerprint density at radius 3 is 2.83 bits per heavy atom. The highest BCUT2D eigenvalue weighted by atomic mass is 35.5. The van der Waals surface area contributed by atoms with Crippen LogP contribution >= 0.6 is 11.6 Å². The molecule has 0 fully saturated rings. The second-order valence-corrected chi connectivity index (χ2v) is 6.27. The zero-order valence-electron chi connectivity index (χ0n) is 9.90. The molecule has 2 rings (SSSR count). The van der Waals surface area contributed by atoms with E-state index in [0.29, 0.717) is 17.1 Å². The van der Waals surface area contributed by atoms with Crippen LogP contribution in [0.4, 0.5) is 5.69 Å². The maximum Gasteiger partial charge on any atom is 0.229 e. The molecule has 0 atom stereocenters. The lowest BCUT2D eigenvalue weighted by Gasteiger charge is -2.08. The Kier molecular flexibility index (Phi) is 3.77. The number of nitrogens with one attached hydrogen (secondary N) is 2. The molecule has 1 aliphatic rings. The molecule has 1 aromatic rings. The molecule has 1 aromatic carbocycles. The van der Waals surface area contributed by atoms with Crippen molar-refractivity contribution < 1.29 is 8.42 Å². The van der Waals surface area contributed by atoms with Gasteiger partial charge in [0.15, 0.2) is 0 Å². The van der Waals surface area contributed by atoms with Crippen molar-refractivity contribution in [2.45, 2.75) is 6.42 Å². The zero-order chi connectivity index (χ0) is 13.2. The monoisotopic (exact) mass is 287 g/mol. The summed E-state index contributed by atoms with van der Waals surface area (Å²) in [5.41, 5.74) is 1.39. The van der Waals surface area contributed by atoms with E-state index < -0.39 is 10.0 Å². The molecule has 1 aliphatic heterocycles. The van der Waals surface area contributed by atoms with E-state index in [2.05, 4.69) is 15.0 Å². The van der Waals surface area contributed by atoms with Crippen molar-refractivity contribution in [3.05, 3.63) is 28.8 Å². The third kappa shape index (κ3) is 3.61. The Morgan fingerprint density at radius 2 is 2.28 bits per heavy atom. The molecule has 5 nitrogen and oxygen atoms in total. The van der Waals surface area contributed by atoms with E-state index in [0.717, 1.165) is 30.7 Å². The predicted octanol–water partition coefficient (Wildman–Crippen LogP) is 1.26. The minimum Gasteiger partial charge on any atom is -0.372 e. The molecule has 0 radical (unpaired) electrons. The second-order valence-electron chi connectivity index (χ2n) is 4.11. The third-order valence-corrected chi connectivity index (χ3v) is 3.42. The largest absolute Gasteiger partial charge is 0.372 e. The minimum absolute atomic E-state index is 0.465. The van der Waals surface area contributed by atoms with Gasteiger partial charge in [-0.25, -0.2) is 8.42 Å². The van der Waals surface area contributed by atoms with Gasteiger partial charge in [0.05, 0.1) is 12.8 Å². The highest BCUT2D eigenvalue weighted by Crippen LogP contribution is 2.22. The maximum atomic E-state index is 11.1. The Balaban J connectivity index is 2.14. The number of hydrogen-bond acceptors (Lipinski definition) is 4. The van der Waals surface area contributed by atoms with Crippen molar-refractivity contribution >= 4 is 33.1 Å². The molecule has 0 saturated heterocycles. The second kappa shape index (κ2) is 5.16. The fourth-order valence-corrected chi connectivity index (χ4v) is 2.52. The summed E-state index contributed by atoms with van der Waals surface area (Å²) in [6.07, 6.45) is 1.74. The number of aliphatic imine (C=N–C) groups is 1. The maximum absolute atomic E-state index is 11.1. The van der Waals surface area contributed by atoms with Gasteiger partial charge in [0, 0.05) is 23.7 Å². The van der Waals surface area contributed by atoms with Crippen LogP contribution in [0.5, 0.6) is 0 Å². The molecule has 98 valence electrons. The van der Waals surface area contributed by atoms with E-state index in [1.165, 1.54) is 0 Å². The average Bonchev–Trinajstić information content (AvgIpc) is 2.72. The van der Waals surface area contributed by atoms with E-state index in [1.807, 2.05) is 0 Å². The van der Waals surface area contributed by atoms with E-state index in [9.17, 15) is 8.42 Å². The molecule has 1 heterocycles. The summed E-state index contributed by atoms with van der Waals surface area (Å²) in [5, 5.41) is 3.69. The molecular weight excluding hydrogens is 274 g/mol. The first-order chi connectivity index (χ1) is 8.44. The van der Waals surface area contributed by atoms with Gasteiger partial charge < -0.3 is 5.32 Å². The molecular formula is C11H14ClN3O2S. The van der Waals surface area contributed by atoms with Crippen LogP contribution in [0.2, 0.25) is 5.02 Å². The summed E-state index contributed by atoms with van der Waals surface area (Å²) < 4.78 is 24.6. The Bertz CT molecular complexity index is 584. The van der Waals surface area contributed by atoms with Crippen LogP contribution in [0.25, 0.3) is 0 Å². The molecule has 0 unspecified atom stereocenters. The van der Waals surface area contributed by atoms with Crippen LogP contribution in [-0.2, 0) is 16.4 Å². The Morgan fingerprint density at radius 1 is 1.50 bits per heavy atom. The molecule has 0 saturated carbocycles. The van der Waals surface area contributed by atoms with Gasteiger partial charge in [-0.2, -0.15) is 0 Å². The smallest absolute Gasteiger partial charge is 0.229 e. The van der Waals surface area contributed by atoms with Gasteiger partial charge in [0.1, 0.15) is 5.84 Å². The van der Waals surface area contributed by atoms with Gasteiger partial charge in [0.25, 0.3) is 0 Å². The Labute approximate surface area is 111 Å². The lowest BCUT2D eigenvalue weighted by Crippen LogP contribution is -2.20. The number of amidine groups is 1. The number of benzene rings is 1. The first-order valence-corrected chi connectivity index (χ1v) is 7.74. The molecule has 0 aromatic heterocycles. The van der Waals surface area contributed by atoms with Crippen molar-refractivity contribution in [3.8, 4) is 0 Å².